The molecule has 3 aromatic carbocycles. The molecule has 0 saturated carbocycles. The molecule has 0 amide bonds. The zero-order valence-electron chi connectivity index (χ0n) is 18.6. The van der Waals surface area contributed by atoms with E-state index in [0.717, 1.165) is 4.91 Å². The maximum Gasteiger partial charge on any atom is 0.108 e. The first-order chi connectivity index (χ1) is 13.2. The van der Waals surface area contributed by atoms with Crippen molar-refractivity contribution in [3.05, 3.63) is 91.0 Å². The molecule has 0 bridgehead atoms. The Bertz CT molecular complexity index is 774. The first-order valence-corrected chi connectivity index (χ1v) is 19.3. The molecule has 0 N–H and O–H groups in total. The van der Waals surface area contributed by atoms with Gasteiger partial charge >= 0.3 is 0 Å². The van der Waals surface area contributed by atoms with Crippen molar-refractivity contribution >= 4 is 39.3 Å². The van der Waals surface area contributed by atoms with E-state index < -0.39 is 23.4 Å². The lowest BCUT2D eigenvalue weighted by Gasteiger charge is -2.46. The molecule has 29 heavy (non-hydrogen) atoms. The topological polar surface area (TPSA) is 0 Å². The van der Waals surface area contributed by atoms with Crippen LogP contribution in [0.2, 0.25) is 39.3 Å². The highest BCUT2D eigenvalue weighted by molar-refractivity contribution is 7.99. The number of hydrogen-bond acceptors (Lipinski definition) is 0. The SMILES string of the molecule is C[Si](C)(C)C([Si](C)(C)C)[P+](c1ccccc1)(c1ccccc1)c1ccccc1.[I-]. The largest absolute Gasteiger partial charge is 1.00 e. The average Bonchev–Trinajstić information content (AvgIpc) is 2.66. The van der Waals surface area contributed by atoms with E-state index in [9.17, 15) is 0 Å². The number of benzene rings is 3. The third kappa shape index (κ3) is 4.95. The van der Waals surface area contributed by atoms with Crippen molar-refractivity contribution in [3.63, 3.8) is 0 Å². The molecular formula is C25H34IPSi2. The van der Waals surface area contributed by atoms with Gasteiger partial charge in [-0.1, -0.05) is 93.9 Å². The molecule has 0 unspecified atom stereocenters. The second-order valence-electron chi connectivity index (χ2n) is 9.86. The molecule has 0 aliphatic carbocycles. The van der Waals surface area contributed by atoms with Crippen LogP contribution in [0.1, 0.15) is 0 Å². The summed E-state index contributed by atoms with van der Waals surface area (Å²) in [5.41, 5.74) is 0. The van der Waals surface area contributed by atoms with E-state index in [4.69, 9.17) is 0 Å². The van der Waals surface area contributed by atoms with Crippen LogP contribution in [0.15, 0.2) is 91.0 Å². The van der Waals surface area contributed by atoms with Gasteiger partial charge in [-0.3, -0.25) is 0 Å². The van der Waals surface area contributed by atoms with Gasteiger partial charge in [0.15, 0.2) is 0 Å². The fourth-order valence-corrected chi connectivity index (χ4v) is 31.4. The van der Waals surface area contributed by atoms with Gasteiger partial charge in [-0.2, -0.15) is 0 Å². The Kier molecular flexibility index (Phi) is 8.11. The smallest absolute Gasteiger partial charge is 0.108 e. The first-order valence-electron chi connectivity index (χ1n) is 10.2. The van der Waals surface area contributed by atoms with Crippen LogP contribution in [0.3, 0.4) is 0 Å². The highest BCUT2D eigenvalue weighted by atomic mass is 127. The fraction of sp³-hybridized carbons (Fsp3) is 0.280. The lowest BCUT2D eigenvalue weighted by molar-refractivity contribution is -0.00000622. The van der Waals surface area contributed by atoms with Crippen molar-refractivity contribution in [3.8, 4) is 0 Å². The van der Waals surface area contributed by atoms with Gasteiger partial charge in [0, 0.05) is 0 Å². The lowest BCUT2D eigenvalue weighted by Crippen LogP contribution is -3.00. The summed E-state index contributed by atoms with van der Waals surface area (Å²) >= 11 is 0. The Labute approximate surface area is 197 Å². The van der Waals surface area contributed by atoms with Crippen LogP contribution in [0, 0.1) is 0 Å². The van der Waals surface area contributed by atoms with Crippen molar-refractivity contribution in [1.29, 1.82) is 0 Å². The molecular weight excluding hydrogens is 514 g/mol. The van der Waals surface area contributed by atoms with E-state index in [1.165, 1.54) is 0 Å². The number of rotatable bonds is 6. The van der Waals surface area contributed by atoms with Crippen LogP contribution in [-0.2, 0) is 0 Å². The zero-order valence-corrected chi connectivity index (χ0v) is 23.6. The summed E-state index contributed by atoms with van der Waals surface area (Å²) in [7, 11) is -4.77. The Morgan fingerprint density at radius 3 is 0.931 bits per heavy atom. The van der Waals surface area contributed by atoms with Crippen molar-refractivity contribution < 1.29 is 24.0 Å². The van der Waals surface area contributed by atoms with E-state index in [2.05, 4.69) is 130 Å². The van der Waals surface area contributed by atoms with Crippen molar-refractivity contribution in [2.45, 2.75) is 44.2 Å². The van der Waals surface area contributed by atoms with Crippen LogP contribution in [0.5, 0.6) is 0 Å². The Morgan fingerprint density at radius 1 is 0.483 bits per heavy atom. The number of hydrogen-bond donors (Lipinski definition) is 0. The van der Waals surface area contributed by atoms with Crippen molar-refractivity contribution in [2.24, 2.45) is 0 Å². The molecule has 0 heterocycles. The Balaban J connectivity index is 0.00000300. The maximum absolute atomic E-state index is 2.60. The standard InChI is InChI=1S/C25H34PSi2.HI/c1-27(2,3)25(28(4,5)6)26(22-16-10-7-11-17-22,23-18-12-8-13-19-23)24-20-14-9-15-21-24;/h7-21,25H,1-6H3;1H/q+1;/p-1. The summed E-state index contributed by atoms with van der Waals surface area (Å²) in [5.74, 6) is 0. The molecule has 0 radical (unpaired) electrons. The summed E-state index contributed by atoms with van der Waals surface area (Å²) in [4.78, 5) is 0.764. The van der Waals surface area contributed by atoms with Gasteiger partial charge in [0.2, 0.25) is 0 Å². The van der Waals surface area contributed by atoms with Crippen LogP contribution < -0.4 is 39.9 Å². The fourth-order valence-electron chi connectivity index (χ4n) is 5.34. The van der Waals surface area contributed by atoms with Crippen molar-refractivity contribution in [2.75, 3.05) is 0 Å². The van der Waals surface area contributed by atoms with E-state index in [1.807, 2.05) is 0 Å². The molecule has 4 heteroatoms. The minimum absolute atomic E-state index is 0. The van der Waals surface area contributed by atoms with E-state index in [1.54, 1.807) is 15.9 Å². The predicted octanol–water partition coefficient (Wildman–Crippen LogP) is 3.11. The second kappa shape index (κ2) is 9.59. The maximum atomic E-state index is 2.60. The molecule has 0 atom stereocenters. The summed E-state index contributed by atoms with van der Waals surface area (Å²) in [6.07, 6.45) is 0. The van der Waals surface area contributed by atoms with E-state index in [-0.39, 0.29) is 24.0 Å². The summed E-state index contributed by atoms with van der Waals surface area (Å²) in [6, 6.07) is 34.3. The van der Waals surface area contributed by atoms with Gasteiger partial charge in [-0.25, -0.2) is 0 Å². The molecule has 0 aromatic heterocycles. The van der Waals surface area contributed by atoms with Gasteiger partial charge in [0.05, 0.1) is 21.1 Å². The van der Waals surface area contributed by atoms with Gasteiger partial charge in [0.25, 0.3) is 0 Å². The molecule has 0 spiro atoms. The third-order valence-electron chi connectivity index (χ3n) is 5.52. The minimum atomic E-state index is -1.78. The molecule has 0 saturated heterocycles. The predicted molar refractivity (Wildman–Crippen MR) is 136 cm³/mol. The average molecular weight is 549 g/mol. The summed E-state index contributed by atoms with van der Waals surface area (Å²) in [5, 5.41) is 4.63. The zero-order chi connectivity index (χ0) is 20.4. The molecule has 0 aliphatic heterocycles. The highest BCUT2D eigenvalue weighted by Gasteiger charge is 2.61. The van der Waals surface area contributed by atoms with Crippen LogP contribution >= 0.6 is 7.26 Å². The second-order valence-corrected chi connectivity index (χ2v) is 25.5. The highest BCUT2D eigenvalue weighted by Crippen LogP contribution is 2.64. The first kappa shape index (κ1) is 24.5. The van der Waals surface area contributed by atoms with Gasteiger partial charge < -0.3 is 24.0 Å². The van der Waals surface area contributed by atoms with E-state index >= 15 is 0 Å². The lowest BCUT2D eigenvalue weighted by atomic mass is 10.4. The van der Waals surface area contributed by atoms with Crippen LogP contribution in [0.25, 0.3) is 0 Å². The molecule has 0 nitrogen and oxygen atoms in total. The normalized spacial score (nSPS) is 12.5. The Hall–Kier alpha value is -0.746. The van der Waals surface area contributed by atoms with E-state index in [0.29, 0.717) is 0 Å². The molecule has 0 aliphatic rings. The quantitative estimate of drug-likeness (QED) is 0.253. The molecule has 3 aromatic rings. The third-order valence-corrected chi connectivity index (χ3v) is 25.1. The molecule has 154 valence electrons. The monoisotopic (exact) mass is 548 g/mol. The van der Waals surface area contributed by atoms with Crippen LogP contribution in [-0.4, -0.2) is 21.1 Å². The van der Waals surface area contributed by atoms with Crippen LogP contribution in [0.4, 0.5) is 0 Å². The van der Waals surface area contributed by atoms with Gasteiger partial charge in [-0.15, -0.1) is 0 Å². The van der Waals surface area contributed by atoms with Gasteiger partial charge in [0.1, 0.15) is 23.2 Å². The van der Waals surface area contributed by atoms with Gasteiger partial charge in [-0.05, 0) is 36.4 Å². The minimum Gasteiger partial charge on any atom is -1.00 e. The summed E-state index contributed by atoms with van der Waals surface area (Å²) < 4.78 is 0. The number of halogens is 1. The Morgan fingerprint density at radius 2 is 0.724 bits per heavy atom. The molecule has 0 fully saturated rings. The molecule has 3 rings (SSSR count). The summed E-state index contributed by atoms with van der Waals surface area (Å²) in [6.45, 7) is 15.6. The van der Waals surface area contributed by atoms with Crippen molar-refractivity contribution in [1.82, 2.24) is 0 Å².